The Balaban J connectivity index is 1.57. The Hall–Kier alpha value is -2.04. The van der Waals surface area contributed by atoms with Crippen LogP contribution in [0, 0.1) is 11.8 Å². The number of esters is 2. The number of rotatable bonds is 4. The Morgan fingerprint density at radius 3 is 1.50 bits per heavy atom. The lowest BCUT2D eigenvalue weighted by atomic mass is 9.81. The third-order valence-corrected chi connectivity index (χ3v) is 4.91. The van der Waals surface area contributed by atoms with Gasteiger partial charge in [-0.05, 0) is 67.8 Å². The number of halogens is 2. The molecule has 26 heavy (non-hydrogen) atoms. The maximum absolute atomic E-state index is 12.4. The first-order valence-corrected chi connectivity index (χ1v) is 9.21. The molecule has 1 aliphatic carbocycles. The van der Waals surface area contributed by atoms with Crippen LogP contribution in [0.2, 0.25) is 10.0 Å². The number of benzene rings is 2. The summed E-state index contributed by atoms with van der Waals surface area (Å²) in [5.41, 5.74) is 0. The average molecular weight is 393 g/mol. The van der Waals surface area contributed by atoms with Crippen molar-refractivity contribution < 1.29 is 19.1 Å². The fourth-order valence-corrected chi connectivity index (χ4v) is 3.27. The van der Waals surface area contributed by atoms with Crippen LogP contribution >= 0.6 is 23.2 Å². The van der Waals surface area contributed by atoms with Crippen molar-refractivity contribution in [1.82, 2.24) is 0 Å². The van der Waals surface area contributed by atoms with Crippen molar-refractivity contribution in [2.45, 2.75) is 25.7 Å². The fraction of sp³-hybridized carbons (Fsp3) is 0.300. The minimum absolute atomic E-state index is 0.317. The minimum Gasteiger partial charge on any atom is -0.426 e. The summed E-state index contributed by atoms with van der Waals surface area (Å²) in [5, 5.41) is 1.15. The zero-order chi connectivity index (χ0) is 18.5. The first-order chi connectivity index (χ1) is 12.5. The van der Waals surface area contributed by atoms with Crippen LogP contribution in [-0.4, -0.2) is 11.9 Å². The van der Waals surface area contributed by atoms with Gasteiger partial charge in [-0.1, -0.05) is 29.6 Å². The predicted molar refractivity (Wildman–Crippen MR) is 99.6 cm³/mol. The number of carbonyl (C=O) groups excluding carboxylic acids is 2. The molecule has 0 spiro atoms. The van der Waals surface area contributed by atoms with Gasteiger partial charge in [0.1, 0.15) is 11.5 Å². The quantitative estimate of drug-likeness (QED) is 0.522. The number of carbonyl (C=O) groups is 2. The SMILES string of the molecule is O=C(Oc1ccc(Cl)cc1)[C@@H]1CCC[C@@H](C(=O)Oc2ccc(Cl)cc2)C1. The molecule has 2 aromatic rings. The maximum atomic E-state index is 12.4. The van der Waals surface area contributed by atoms with Crippen molar-refractivity contribution in [3.05, 3.63) is 58.6 Å². The number of hydrogen-bond acceptors (Lipinski definition) is 4. The van der Waals surface area contributed by atoms with E-state index in [0.717, 1.165) is 6.42 Å². The second kappa shape index (κ2) is 8.56. The highest BCUT2D eigenvalue weighted by Gasteiger charge is 2.33. The van der Waals surface area contributed by atoms with Crippen molar-refractivity contribution in [3.8, 4) is 11.5 Å². The van der Waals surface area contributed by atoms with Crippen molar-refractivity contribution >= 4 is 35.1 Å². The Morgan fingerprint density at radius 2 is 1.12 bits per heavy atom. The van der Waals surface area contributed by atoms with Gasteiger partial charge in [-0.3, -0.25) is 9.59 Å². The molecule has 1 saturated carbocycles. The molecule has 2 atom stereocenters. The van der Waals surface area contributed by atoms with Gasteiger partial charge in [0.25, 0.3) is 0 Å². The first kappa shape index (κ1) is 18.7. The average Bonchev–Trinajstić information content (AvgIpc) is 2.65. The van der Waals surface area contributed by atoms with Crippen LogP contribution in [0.3, 0.4) is 0 Å². The lowest BCUT2D eigenvalue weighted by molar-refractivity contribution is -0.144. The summed E-state index contributed by atoms with van der Waals surface area (Å²) < 4.78 is 10.8. The Bertz CT molecular complexity index is 706. The summed E-state index contributed by atoms with van der Waals surface area (Å²) in [7, 11) is 0. The van der Waals surface area contributed by atoms with Gasteiger partial charge in [-0.15, -0.1) is 0 Å². The summed E-state index contributed by atoms with van der Waals surface area (Å²) in [5.74, 6) is -0.382. The molecule has 0 heterocycles. The Morgan fingerprint density at radius 1 is 0.731 bits per heavy atom. The normalized spacial score (nSPS) is 19.6. The number of ether oxygens (including phenoxy) is 2. The number of hydrogen-bond donors (Lipinski definition) is 0. The smallest absolute Gasteiger partial charge is 0.314 e. The van der Waals surface area contributed by atoms with Crippen LogP contribution in [0.1, 0.15) is 25.7 Å². The van der Waals surface area contributed by atoms with Gasteiger partial charge in [-0.2, -0.15) is 0 Å². The molecule has 0 aliphatic heterocycles. The van der Waals surface area contributed by atoms with Crippen LogP contribution in [0.15, 0.2) is 48.5 Å². The van der Waals surface area contributed by atoms with E-state index in [2.05, 4.69) is 0 Å². The van der Waals surface area contributed by atoms with Crippen LogP contribution in [-0.2, 0) is 9.59 Å². The zero-order valence-electron chi connectivity index (χ0n) is 14.0. The van der Waals surface area contributed by atoms with Gasteiger partial charge in [0.2, 0.25) is 0 Å². The highest BCUT2D eigenvalue weighted by Crippen LogP contribution is 2.32. The summed E-state index contributed by atoms with van der Waals surface area (Å²) in [6, 6.07) is 13.2. The fourth-order valence-electron chi connectivity index (χ4n) is 3.02. The summed E-state index contributed by atoms with van der Waals surface area (Å²) in [6.07, 6.45) is 2.62. The molecule has 1 aliphatic rings. The summed E-state index contributed by atoms with van der Waals surface area (Å²) in [4.78, 5) is 24.8. The van der Waals surface area contributed by atoms with Gasteiger partial charge in [-0.25, -0.2) is 0 Å². The Labute approximate surface area is 162 Å². The van der Waals surface area contributed by atoms with E-state index in [1.165, 1.54) is 0 Å². The second-order valence-corrected chi connectivity index (χ2v) is 7.18. The molecule has 0 radical (unpaired) electrons. The van der Waals surface area contributed by atoms with E-state index in [4.69, 9.17) is 32.7 Å². The molecule has 1 fully saturated rings. The lowest BCUT2D eigenvalue weighted by Crippen LogP contribution is -2.31. The van der Waals surface area contributed by atoms with Gasteiger partial charge < -0.3 is 9.47 Å². The van der Waals surface area contributed by atoms with E-state index in [0.29, 0.717) is 40.8 Å². The molecule has 6 heteroatoms. The highest BCUT2D eigenvalue weighted by molar-refractivity contribution is 6.30. The van der Waals surface area contributed by atoms with Gasteiger partial charge >= 0.3 is 11.9 Å². The van der Waals surface area contributed by atoms with Gasteiger partial charge in [0, 0.05) is 10.0 Å². The molecule has 0 N–H and O–H groups in total. The van der Waals surface area contributed by atoms with E-state index in [9.17, 15) is 9.59 Å². The molecule has 0 amide bonds. The van der Waals surface area contributed by atoms with E-state index >= 15 is 0 Å². The van der Waals surface area contributed by atoms with Crippen LogP contribution < -0.4 is 9.47 Å². The largest absolute Gasteiger partial charge is 0.426 e. The predicted octanol–water partition coefficient (Wildman–Crippen LogP) is 5.31. The Kier molecular flexibility index (Phi) is 6.17. The molecular weight excluding hydrogens is 375 g/mol. The molecular formula is C20H18Cl2O4. The lowest BCUT2D eigenvalue weighted by Gasteiger charge is -2.26. The van der Waals surface area contributed by atoms with Crippen LogP contribution in [0.4, 0.5) is 0 Å². The summed E-state index contributed by atoms with van der Waals surface area (Å²) in [6.45, 7) is 0. The summed E-state index contributed by atoms with van der Waals surface area (Å²) >= 11 is 11.7. The topological polar surface area (TPSA) is 52.6 Å². The monoisotopic (exact) mass is 392 g/mol. The third kappa shape index (κ3) is 4.99. The molecule has 4 nitrogen and oxygen atoms in total. The molecule has 136 valence electrons. The zero-order valence-corrected chi connectivity index (χ0v) is 15.5. The molecule has 0 unspecified atom stereocenters. The van der Waals surface area contributed by atoms with E-state index in [1.807, 2.05) is 0 Å². The minimum atomic E-state index is -0.323. The van der Waals surface area contributed by atoms with Crippen molar-refractivity contribution in [2.75, 3.05) is 0 Å². The van der Waals surface area contributed by atoms with Gasteiger partial charge in [0.05, 0.1) is 11.8 Å². The first-order valence-electron chi connectivity index (χ1n) is 8.46. The van der Waals surface area contributed by atoms with Crippen LogP contribution in [0.25, 0.3) is 0 Å². The maximum Gasteiger partial charge on any atom is 0.314 e. The molecule has 2 aromatic carbocycles. The van der Waals surface area contributed by atoms with Crippen molar-refractivity contribution in [2.24, 2.45) is 11.8 Å². The van der Waals surface area contributed by atoms with Crippen molar-refractivity contribution in [1.29, 1.82) is 0 Å². The highest BCUT2D eigenvalue weighted by atomic mass is 35.5. The molecule has 0 saturated heterocycles. The van der Waals surface area contributed by atoms with E-state index < -0.39 is 0 Å². The third-order valence-electron chi connectivity index (χ3n) is 4.41. The molecule has 0 aromatic heterocycles. The van der Waals surface area contributed by atoms with Gasteiger partial charge in [0.15, 0.2) is 0 Å². The van der Waals surface area contributed by atoms with Crippen molar-refractivity contribution in [3.63, 3.8) is 0 Å². The van der Waals surface area contributed by atoms with E-state index in [1.54, 1.807) is 48.5 Å². The standard InChI is InChI=1S/C20H18Cl2O4/c21-15-4-8-17(9-5-15)25-19(23)13-2-1-3-14(12-13)20(24)26-18-10-6-16(22)7-11-18/h4-11,13-14H,1-3,12H2/t13-,14-/m1/s1. The molecule has 0 bridgehead atoms. The van der Waals surface area contributed by atoms with Crippen LogP contribution in [0.5, 0.6) is 11.5 Å². The van der Waals surface area contributed by atoms with E-state index in [-0.39, 0.29) is 23.8 Å². The second-order valence-electron chi connectivity index (χ2n) is 6.31. The molecule has 3 rings (SSSR count).